The molecule has 2 aliphatic carbocycles. The maximum atomic E-state index is 13.8. The molecule has 7 heteroatoms. The van der Waals surface area contributed by atoms with Gasteiger partial charge >= 0.3 is 5.97 Å². The van der Waals surface area contributed by atoms with Gasteiger partial charge in [0.1, 0.15) is 10.6 Å². The van der Waals surface area contributed by atoms with Crippen molar-refractivity contribution in [1.29, 1.82) is 0 Å². The molecule has 0 saturated heterocycles. The van der Waals surface area contributed by atoms with Crippen molar-refractivity contribution in [3.63, 3.8) is 0 Å². The van der Waals surface area contributed by atoms with Crippen molar-refractivity contribution in [3.8, 4) is 11.1 Å². The van der Waals surface area contributed by atoms with Crippen LogP contribution in [0.5, 0.6) is 0 Å². The summed E-state index contributed by atoms with van der Waals surface area (Å²) >= 11 is 1.78. The Kier molecular flexibility index (Phi) is 7.00. The van der Waals surface area contributed by atoms with E-state index in [-0.39, 0.29) is 12.2 Å². The number of fused-ring (bicyclic) bond motifs is 3. The van der Waals surface area contributed by atoms with Crippen LogP contribution in [0.3, 0.4) is 0 Å². The van der Waals surface area contributed by atoms with Crippen LogP contribution in [0.1, 0.15) is 72.6 Å². The lowest BCUT2D eigenvalue weighted by Crippen LogP contribution is -2.19. The number of aliphatic hydroxyl groups is 2. The van der Waals surface area contributed by atoms with Gasteiger partial charge in [-0.2, -0.15) is 0 Å². The molecule has 1 fully saturated rings. The first-order valence-corrected chi connectivity index (χ1v) is 13.2. The number of halogens is 1. The van der Waals surface area contributed by atoms with Crippen molar-refractivity contribution in [2.75, 3.05) is 0 Å². The van der Waals surface area contributed by atoms with Gasteiger partial charge in [0.05, 0.1) is 24.3 Å². The molecule has 1 aromatic carbocycles. The Morgan fingerprint density at radius 3 is 2.60 bits per heavy atom. The second kappa shape index (κ2) is 10.2. The highest BCUT2D eigenvalue weighted by molar-refractivity contribution is 7.19. The number of carbonyl (C=O) groups is 1. The van der Waals surface area contributed by atoms with Gasteiger partial charge in [-0.3, -0.25) is 4.79 Å². The zero-order chi connectivity index (χ0) is 24.5. The van der Waals surface area contributed by atoms with Crippen LogP contribution in [-0.2, 0) is 17.6 Å². The molecule has 0 amide bonds. The molecule has 35 heavy (non-hydrogen) atoms. The number of aliphatic hydroxyl groups excluding tert-OH is 2. The van der Waals surface area contributed by atoms with Gasteiger partial charge in [-0.05, 0) is 61.8 Å². The fourth-order valence-corrected chi connectivity index (χ4v) is 6.38. The average molecular weight is 496 g/mol. The number of benzene rings is 1. The summed E-state index contributed by atoms with van der Waals surface area (Å²) in [6.07, 6.45) is 8.62. The lowest BCUT2D eigenvalue weighted by Gasteiger charge is -2.16. The predicted octanol–water partition coefficient (Wildman–Crippen LogP) is 5.85. The third-order valence-electron chi connectivity index (χ3n) is 6.93. The third kappa shape index (κ3) is 5.32. The molecular formula is C28H30FNO4S. The van der Waals surface area contributed by atoms with Crippen LogP contribution in [0, 0.1) is 5.82 Å². The SMILES string of the molecule is O=C(O)C[C@H](O)C[C@H](O)/C=C/c1c(C2CC2)nc2sc3c(c2c1-c1ccc(F)cc1)CCCCC3. The highest BCUT2D eigenvalue weighted by atomic mass is 32.1. The Labute approximate surface area is 208 Å². The quantitative estimate of drug-likeness (QED) is 0.341. The van der Waals surface area contributed by atoms with E-state index in [0.29, 0.717) is 5.92 Å². The minimum Gasteiger partial charge on any atom is -0.481 e. The van der Waals surface area contributed by atoms with E-state index in [0.717, 1.165) is 64.7 Å². The second-order valence-electron chi connectivity index (χ2n) is 9.73. The fourth-order valence-electron chi connectivity index (χ4n) is 5.10. The van der Waals surface area contributed by atoms with E-state index in [1.807, 2.05) is 18.2 Å². The van der Waals surface area contributed by atoms with Gasteiger partial charge in [0, 0.05) is 33.7 Å². The molecule has 5 nitrogen and oxygen atoms in total. The van der Waals surface area contributed by atoms with Crippen LogP contribution in [0.25, 0.3) is 27.4 Å². The molecule has 0 unspecified atom stereocenters. The molecule has 0 bridgehead atoms. The van der Waals surface area contributed by atoms with Gasteiger partial charge < -0.3 is 15.3 Å². The number of carboxylic acids is 1. The van der Waals surface area contributed by atoms with Crippen LogP contribution < -0.4 is 0 Å². The monoisotopic (exact) mass is 495 g/mol. The van der Waals surface area contributed by atoms with Gasteiger partial charge in [0.25, 0.3) is 0 Å². The van der Waals surface area contributed by atoms with Crippen LogP contribution in [0.4, 0.5) is 4.39 Å². The first kappa shape index (κ1) is 24.1. The van der Waals surface area contributed by atoms with E-state index in [2.05, 4.69) is 0 Å². The number of carboxylic acid groups (broad SMARTS) is 1. The van der Waals surface area contributed by atoms with Crippen molar-refractivity contribution >= 4 is 33.6 Å². The molecular weight excluding hydrogens is 465 g/mol. The molecule has 2 heterocycles. The largest absolute Gasteiger partial charge is 0.481 e. The number of nitrogens with zero attached hydrogens (tertiary/aromatic N) is 1. The standard InChI is InChI=1S/C28H30FNO4S/c29-18-10-8-16(9-11-18)25-22(13-12-19(31)14-20(32)15-24(33)34)27(17-6-7-17)30-28-26(25)21-4-2-1-3-5-23(21)35-28/h8-13,17,19-20,31-32H,1-7,14-15H2,(H,33,34)/b13-12+/t19-,20-/m1/s1. The van der Waals surface area contributed by atoms with E-state index in [9.17, 15) is 19.4 Å². The van der Waals surface area contributed by atoms with E-state index < -0.39 is 24.6 Å². The lowest BCUT2D eigenvalue weighted by atomic mass is 9.91. The summed E-state index contributed by atoms with van der Waals surface area (Å²) in [5.41, 5.74) is 5.24. The van der Waals surface area contributed by atoms with Crippen LogP contribution in [-0.4, -0.2) is 38.5 Å². The number of aromatic nitrogens is 1. The summed E-state index contributed by atoms with van der Waals surface area (Å²) in [4.78, 5) is 18.4. The molecule has 2 aromatic heterocycles. The van der Waals surface area contributed by atoms with Gasteiger partial charge in [0.15, 0.2) is 0 Å². The maximum absolute atomic E-state index is 13.8. The van der Waals surface area contributed by atoms with Crippen LogP contribution in [0.15, 0.2) is 30.3 Å². The van der Waals surface area contributed by atoms with E-state index in [4.69, 9.17) is 10.1 Å². The van der Waals surface area contributed by atoms with Crippen molar-refractivity contribution < 1.29 is 24.5 Å². The lowest BCUT2D eigenvalue weighted by molar-refractivity contribution is -0.139. The van der Waals surface area contributed by atoms with Gasteiger partial charge in [-0.25, -0.2) is 9.37 Å². The zero-order valence-corrected chi connectivity index (χ0v) is 20.4. The summed E-state index contributed by atoms with van der Waals surface area (Å²) in [6, 6.07) is 6.58. The predicted molar refractivity (Wildman–Crippen MR) is 136 cm³/mol. The normalized spacial score (nSPS) is 17.9. The van der Waals surface area contributed by atoms with Crippen LogP contribution in [0.2, 0.25) is 0 Å². The summed E-state index contributed by atoms with van der Waals surface area (Å²) in [7, 11) is 0. The zero-order valence-electron chi connectivity index (χ0n) is 19.5. The number of aryl methyl sites for hydroxylation is 2. The number of rotatable bonds is 8. The fraction of sp³-hybridized carbons (Fsp3) is 0.429. The summed E-state index contributed by atoms with van der Waals surface area (Å²) < 4.78 is 13.8. The number of pyridine rings is 1. The summed E-state index contributed by atoms with van der Waals surface area (Å²) in [6.45, 7) is 0. The Balaban J connectivity index is 1.65. The minimum absolute atomic E-state index is 0.0586. The number of hydrogen-bond donors (Lipinski definition) is 3. The first-order chi connectivity index (χ1) is 16.9. The maximum Gasteiger partial charge on any atom is 0.305 e. The van der Waals surface area contributed by atoms with E-state index in [1.165, 1.54) is 35.4 Å². The van der Waals surface area contributed by atoms with Crippen molar-refractivity contribution in [3.05, 3.63) is 57.9 Å². The number of thiophene rings is 1. The average Bonchev–Trinajstić information content (AvgIpc) is 3.62. The Hall–Kier alpha value is -2.61. The topological polar surface area (TPSA) is 90.7 Å². The number of aliphatic carboxylic acids is 1. The van der Waals surface area contributed by atoms with Crippen molar-refractivity contribution in [2.24, 2.45) is 0 Å². The Morgan fingerprint density at radius 1 is 1.14 bits per heavy atom. The molecule has 3 aromatic rings. The minimum atomic E-state index is -1.13. The summed E-state index contributed by atoms with van der Waals surface area (Å²) in [5.74, 6) is -1.03. The first-order valence-electron chi connectivity index (χ1n) is 12.4. The van der Waals surface area contributed by atoms with Crippen molar-refractivity contribution in [2.45, 2.75) is 75.9 Å². The van der Waals surface area contributed by atoms with Crippen molar-refractivity contribution in [1.82, 2.24) is 4.98 Å². The summed E-state index contributed by atoms with van der Waals surface area (Å²) in [5, 5.41) is 30.5. The van der Waals surface area contributed by atoms with E-state index >= 15 is 0 Å². The van der Waals surface area contributed by atoms with Gasteiger partial charge in [-0.15, -0.1) is 11.3 Å². The third-order valence-corrected chi connectivity index (χ3v) is 8.11. The van der Waals surface area contributed by atoms with E-state index in [1.54, 1.807) is 17.4 Å². The molecule has 2 atom stereocenters. The number of hydrogen-bond acceptors (Lipinski definition) is 5. The molecule has 5 rings (SSSR count). The molecule has 0 spiro atoms. The Morgan fingerprint density at radius 2 is 1.89 bits per heavy atom. The van der Waals surface area contributed by atoms with Gasteiger partial charge in [0.2, 0.25) is 0 Å². The van der Waals surface area contributed by atoms with Gasteiger partial charge in [-0.1, -0.05) is 30.7 Å². The smallest absolute Gasteiger partial charge is 0.305 e. The molecule has 1 saturated carbocycles. The molecule has 0 radical (unpaired) electrons. The second-order valence-corrected chi connectivity index (χ2v) is 10.8. The Bertz CT molecular complexity index is 1260. The molecule has 2 aliphatic rings. The molecule has 184 valence electrons. The highest BCUT2D eigenvalue weighted by Crippen LogP contribution is 2.48. The molecule has 0 aliphatic heterocycles. The highest BCUT2D eigenvalue weighted by Gasteiger charge is 2.31. The molecule has 3 N–H and O–H groups in total. The van der Waals surface area contributed by atoms with Crippen LogP contribution >= 0.6 is 11.3 Å².